The van der Waals surface area contributed by atoms with Gasteiger partial charge in [0.1, 0.15) is 0 Å². The van der Waals surface area contributed by atoms with Crippen LogP contribution in [0.4, 0.5) is 0 Å². The Morgan fingerprint density at radius 2 is 1.79 bits per heavy atom. The fourth-order valence-corrected chi connectivity index (χ4v) is 3.47. The van der Waals surface area contributed by atoms with E-state index < -0.39 is 10.0 Å². The van der Waals surface area contributed by atoms with Crippen LogP contribution in [0.15, 0.2) is 78.0 Å². The lowest BCUT2D eigenvalue weighted by atomic mass is 10.1. The zero-order valence-electron chi connectivity index (χ0n) is 15.9. The van der Waals surface area contributed by atoms with Crippen molar-refractivity contribution in [1.82, 2.24) is 19.8 Å². The number of carbonyl (C=O) groups excluding carboxylic acids is 1. The highest BCUT2D eigenvalue weighted by molar-refractivity contribution is 7.89. The average molecular weight is 410 g/mol. The molecule has 0 spiro atoms. The molecule has 0 saturated carbocycles. The molecule has 0 unspecified atom stereocenters. The van der Waals surface area contributed by atoms with Crippen molar-refractivity contribution < 1.29 is 13.2 Å². The van der Waals surface area contributed by atoms with Crippen LogP contribution in [0.5, 0.6) is 0 Å². The molecule has 150 valence electrons. The van der Waals surface area contributed by atoms with Crippen LogP contribution in [-0.4, -0.2) is 31.2 Å². The van der Waals surface area contributed by atoms with Crippen molar-refractivity contribution >= 4 is 22.0 Å². The number of nitrogens with one attached hydrogen (secondary N) is 2. The Labute approximate surface area is 170 Å². The molecule has 7 nitrogen and oxygen atoms in total. The second-order valence-electron chi connectivity index (χ2n) is 6.30. The van der Waals surface area contributed by atoms with Gasteiger partial charge in [-0.15, -0.1) is 0 Å². The van der Waals surface area contributed by atoms with Gasteiger partial charge in [0.2, 0.25) is 15.9 Å². The Morgan fingerprint density at radius 3 is 2.45 bits per heavy atom. The lowest BCUT2D eigenvalue weighted by Gasteiger charge is -2.10. The van der Waals surface area contributed by atoms with E-state index in [4.69, 9.17) is 0 Å². The second-order valence-corrected chi connectivity index (χ2v) is 8.19. The largest absolute Gasteiger partial charge is 0.348 e. The maximum absolute atomic E-state index is 12.2. The van der Waals surface area contributed by atoms with Gasteiger partial charge in [-0.05, 0) is 48.0 Å². The molecular formula is C21H22N4O3S. The zero-order chi connectivity index (χ0) is 20.7. The number of benzene rings is 2. The molecule has 29 heavy (non-hydrogen) atoms. The number of nitrogens with zero attached hydrogens (tertiary/aromatic N) is 2. The molecule has 0 atom stereocenters. The van der Waals surface area contributed by atoms with Gasteiger partial charge >= 0.3 is 0 Å². The normalized spacial score (nSPS) is 11.6. The van der Waals surface area contributed by atoms with Crippen LogP contribution in [0.1, 0.15) is 16.7 Å². The molecule has 0 aliphatic rings. The monoisotopic (exact) mass is 410 g/mol. The summed E-state index contributed by atoms with van der Waals surface area (Å²) in [7, 11) is -2.11. The first-order chi connectivity index (χ1) is 14.0. The standard InChI is InChI=1S/C21H22N4O3S/c1-22-29(27,28)20-10-7-17(8-11-20)9-12-21(26)23-15-18-5-2-3-6-19(18)16-25-14-4-13-24-25/h2-14,22H,15-16H2,1H3,(H,23,26)/b12-9+. The number of hydrogen-bond acceptors (Lipinski definition) is 4. The van der Waals surface area contributed by atoms with Crippen molar-refractivity contribution in [2.45, 2.75) is 18.0 Å². The van der Waals surface area contributed by atoms with E-state index in [-0.39, 0.29) is 10.8 Å². The van der Waals surface area contributed by atoms with Crippen LogP contribution >= 0.6 is 0 Å². The van der Waals surface area contributed by atoms with Gasteiger partial charge in [-0.25, -0.2) is 13.1 Å². The molecule has 0 saturated heterocycles. The van der Waals surface area contributed by atoms with E-state index in [2.05, 4.69) is 15.1 Å². The van der Waals surface area contributed by atoms with Gasteiger partial charge in [-0.3, -0.25) is 9.48 Å². The molecule has 0 bridgehead atoms. The highest BCUT2D eigenvalue weighted by atomic mass is 32.2. The topological polar surface area (TPSA) is 93.1 Å². The first kappa shape index (κ1) is 20.5. The van der Waals surface area contributed by atoms with E-state index in [9.17, 15) is 13.2 Å². The number of amides is 1. The van der Waals surface area contributed by atoms with Crippen molar-refractivity contribution in [2.75, 3.05) is 7.05 Å². The summed E-state index contributed by atoms with van der Waals surface area (Å²) in [5, 5.41) is 7.09. The zero-order valence-corrected chi connectivity index (χ0v) is 16.8. The van der Waals surface area contributed by atoms with Crippen LogP contribution in [0.2, 0.25) is 0 Å². The molecule has 0 aliphatic carbocycles. The Bertz CT molecular complexity index is 1090. The van der Waals surface area contributed by atoms with Gasteiger partial charge in [-0.2, -0.15) is 5.10 Å². The molecule has 1 amide bonds. The Hall–Kier alpha value is -3.23. The SMILES string of the molecule is CNS(=O)(=O)c1ccc(/C=C/C(=O)NCc2ccccc2Cn2cccn2)cc1. The van der Waals surface area contributed by atoms with Crippen molar-refractivity contribution in [2.24, 2.45) is 0 Å². The minimum absolute atomic E-state index is 0.176. The molecule has 3 aromatic rings. The Morgan fingerprint density at radius 1 is 1.07 bits per heavy atom. The number of aromatic nitrogens is 2. The van der Waals surface area contributed by atoms with E-state index in [0.29, 0.717) is 13.1 Å². The molecule has 2 N–H and O–H groups in total. The molecule has 0 fully saturated rings. The number of sulfonamides is 1. The van der Waals surface area contributed by atoms with Gasteiger partial charge in [0, 0.05) is 25.0 Å². The minimum atomic E-state index is -3.47. The molecule has 0 aliphatic heterocycles. The minimum Gasteiger partial charge on any atom is -0.348 e. The van der Waals surface area contributed by atoms with Crippen LogP contribution in [0, 0.1) is 0 Å². The quantitative estimate of drug-likeness (QED) is 0.557. The molecule has 1 heterocycles. The predicted molar refractivity (Wildman–Crippen MR) is 111 cm³/mol. The summed E-state index contributed by atoms with van der Waals surface area (Å²) in [6.07, 6.45) is 6.69. The third kappa shape index (κ3) is 5.63. The van der Waals surface area contributed by atoms with Crippen molar-refractivity contribution in [1.29, 1.82) is 0 Å². The summed E-state index contributed by atoms with van der Waals surface area (Å²) >= 11 is 0. The molecule has 1 aromatic heterocycles. The van der Waals surface area contributed by atoms with Gasteiger partial charge in [0.25, 0.3) is 0 Å². The fourth-order valence-electron chi connectivity index (χ4n) is 2.74. The van der Waals surface area contributed by atoms with E-state index >= 15 is 0 Å². The maximum atomic E-state index is 12.2. The fraction of sp³-hybridized carbons (Fsp3) is 0.143. The lowest BCUT2D eigenvalue weighted by molar-refractivity contribution is -0.116. The van der Waals surface area contributed by atoms with E-state index in [1.54, 1.807) is 24.4 Å². The van der Waals surface area contributed by atoms with Gasteiger partial charge in [-0.1, -0.05) is 36.4 Å². The first-order valence-electron chi connectivity index (χ1n) is 9.02. The summed E-state index contributed by atoms with van der Waals surface area (Å²) < 4.78 is 27.5. The highest BCUT2D eigenvalue weighted by Crippen LogP contribution is 2.12. The average Bonchev–Trinajstić information content (AvgIpc) is 3.25. The highest BCUT2D eigenvalue weighted by Gasteiger charge is 2.10. The number of rotatable bonds is 8. The molecular weight excluding hydrogens is 388 g/mol. The van der Waals surface area contributed by atoms with Crippen LogP contribution in [-0.2, 0) is 27.9 Å². The molecule has 3 rings (SSSR count). The van der Waals surface area contributed by atoms with Crippen molar-refractivity contribution in [3.63, 3.8) is 0 Å². The smallest absolute Gasteiger partial charge is 0.244 e. The van der Waals surface area contributed by atoms with E-state index in [1.807, 2.05) is 41.2 Å². The summed E-state index contributed by atoms with van der Waals surface area (Å²) in [4.78, 5) is 12.3. The summed E-state index contributed by atoms with van der Waals surface area (Å²) in [6, 6.07) is 16.0. The molecule has 0 radical (unpaired) electrons. The van der Waals surface area contributed by atoms with E-state index in [1.165, 1.54) is 25.3 Å². The van der Waals surface area contributed by atoms with Crippen molar-refractivity contribution in [3.05, 3.63) is 89.8 Å². The maximum Gasteiger partial charge on any atom is 0.244 e. The van der Waals surface area contributed by atoms with E-state index in [0.717, 1.165) is 16.7 Å². The van der Waals surface area contributed by atoms with Gasteiger partial charge < -0.3 is 5.32 Å². The van der Waals surface area contributed by atoms with Gasteiger partial charge in [0.05, 0.1) is 11.4 Å². The van der Waals surface area contributed by atoms with Crippen LogP contribution in [0.3, 0.4) is 0 Å². The number of carbonyl (C=O) groups is 1. The first-order valence-corrected chi connectivity index (χ1v) is 10.5. The third-order valence-electron chi connectivity index (χ3n) is 4.35. The molecule has 2 aromatic carbocycles. The number of hydrogen-bond donors (Lipinski definition) is 2. The van der Waals surface area contributed by atoms with Crippen molar-refractivity contribution in [3.8, 4) is 0 Å². The third-order valence-corrected chi connectivity index (χ3v) is 5.78. The predicted octanol–water partition coefficient (Wildman–Crippen LogP) is 2.17. The van der Waals surface area contributed by atoms with Crippen LogP contribution < -0.4 is 10.0 Å². The Balaban J connectivity index is 1.59. The summed E-state index contributed by atoms with van der Waals surface area (Å²) in [5.41, 5.74) is 2.84. The Kier molecular flexibility index (Phi) is 6.58. The lowest BCUT2D eigenvalue weighted by Crippen LogP contribution is -2.21. The molecule has 8 heteroatoms. The summed E-state index contributed by atoms with van der Waals surface area (Å²) in [5.74, 6) is -0.231. The van der Waals surface area contributed by atoms with Gasteiger partial charge in [0.15, 0.2) is 0 Å². The second kappa shape index (κ2) is 9.31. The summed E-state index contributed by atoms with van der Waals surface area (Å²) in [6.45, 7) is 1.04. The van der Waals surface area contributed by atoms with Crippen LogP contribution in [0.25, 0.3) is 6.08 Å².